The van der Waals surface area contributed by atoms with Gasteiger partial charge in [0.15, 0.2) is 11.6 Å². The minimum Gasteiger partial charge on any atom is -0.324 e. The molecule has 0 fully saturated rings. The highest BCUT2D eigenvalue weighted by atomic mass is 35.5. The molecule has 1 rings (SSSR count). The molecule has 1 aromatic rings. The van der Waals surface area contributed by atoms with Gasteiger partial charge in [0.25, 0.3) is 0 Å². The summed E-state index contributed by atoms with van der Waals surface area (Å²) in [5, 5.41) is 0. The van der Waals surface area contributed by atoms with Gasteiger partial charge in [-0.2, -0.15) is 0 Å². The molecule has 0 aliphatic heterocycles. The van der Waals surface area contributed by atoms with E-state index in [-0.39, 0.29) is 12.4 Å². The first-order valence-corrected chi connectivity index (χ1v) is 3.43. The van der Waals surface area contributed by atoms with Crippen LogP contribution in [0.3, 0.4) is 0 Å². The zero-order chi connectivity index (χ0) is 9.30. The molecule has 0 bridgehead atoms. The summed E-state index contributed by atoms with van der Waals surface area (Å²) in [6.45, 7) is 1.39. The Labute approximate surface area is 80.2 Å². The van der Waals surface area contributed by atoms with Crippen molar-refractivity contribution in [2.75, 3.05) is 0 Å². The maximum Gasteiger partial charge on any atom is 0.166 e. The van der Waals surface area contributed by atoms with Gasteiger partial charge in [0.05, 0.1) is 0 Å². The second-order valence-corrected chi connectivity index (χ2v) is 2.55. The van der Waals surface area contributed by atoms with E-state index in [1.54, 1.807) is 0 Å². The van der Waals surface area contributed by atoms with E-state index >= 15 is 0 Å². The fourth-order valence-electron chi connectivity index (χ4n) is 0.960. The maximum atomic E-state index is 12.8. The molecular formula is C8H9ClF3N. The van der Waals surface area contributed by atoms with E-state index in [2.05, 4.69) is 0 Å². The zero-order valence-corrected chi connectivity index (χ0v) is 7.67. The monoisotopic (exact) mass is 211 g/mol. The summed E-state index contributed by atoms with van der Waals surface area (Å²) in [4.78, 5) is 0. The van der Waals surface area contributed by atoms with Crippen LogP contribution in [-0.4, -0.2) is 0 Å². The van der Waals surface area contributed by atoms with Crippen LogP contribution in [0.15, 0.2) is 12.1 Å². The fourth-order valence-corrected chi connectivity index (χ4v) is 0.960. The molecule has 1 aromatic carbocycles. The standard InChI is InChI=1S/C8H8F3N.ClH/c1-4(12)7-5(9)2-3-6(10)8(7)11;/h2-4H,12H2,1H3;1H. The van der Waals surface area contributed by atoms with E-state index < -0.39 is 29.1 Å². The lowest BCUT2D eigenvalue weighted by molar-refractivity contribution is 0.470. The van der Waals surface area contributed by atoms with Crippen LogP contribution in [0.25, 0.3) is 0 Å². The topological polar surface area (TPSA) is 26.0 Å². The average molecular weight is 212 g/mol. The molecule has 0 aromatic heterocycles. The lowest BCUT2D eigenvalue weighted by Crippen LogP contribution is -2.11. The van der Waals surface area contributed by atoms with E-state index in [1.807, 2.05) is 0 Å². The van der Waals surface area contributed by atoms with Crippen LogP contribution in [0, 0.1) is 17.5 Å². The summed E-state index contributed by atoms with van der Waals surface area (Å²) in [6.07, 6.45) is 0. The summed E-state index contributed by atoms with van der Waals surface area (Å²) in [7, 11) is 0. The predicted molar refractivity (Wildman–Crippen MR) is 46.2 cm³/mol. The molecule has 5 heteroatoms. The average Bonchev–Trinajstić information content (AvgIpc) is 1.97. The molecule has 0 saturated carbocycles. The highest BCUT2D eigenvalue weighted by molar-refractivity contribution is 5.85. The van der Waals surface area contributed by atoms with E-state index in [1.165, 1.54) is 6.92 Å². The van der Waals surface area contributed by atoms with Gasteiger partial charge in [-0.05, 0) is 19.1 Å². The van der Waals surface area contributed by atoms with Crippen molar-refractivity contribution in [1.29, 1.82) is 0 Å². The first kappa shape index (κ1) is 12.3. The predicted octanol–water partition coefficient (Wildman–Crippen LogP) is 2.55. The minimum atomic E-state index is -1.20. The number of halogens is 4. The van der Waals surface area contributed by atoms with Crippen LogP contribution in [-0.2, 0) is 0 Å². The van der Waals surface area contributed by atoms with Crippen LogP contribution in [0.5, 0.6) is 0 Å². The van der Waals surface area contributed by atoms with Gasteiger partial charge in [0.2, 0.25) is 0 Å². The van der Waals surface area contributed by atoms with Gasteiger partial charge in [-0.25, -0.2) is 13.2 Å². The Balaban J connectivity index is 0.00000144. The van der Waals surface area contributed by atoms with Crippen molar-refractivity contribution in [1.82, 2.24) is 0 Å². The van der Waals surface area contributed by atoms with Crippen LogP contribution < -0.4 is 5.73 Å². The molecule has 0 saturated heterocycles. The Bertz CT molecular complexity index is 302. The quantitative estimate of drug-likeness (QED) is 0.710. The number of nitrogens with two attached hydrogens (primary N) is 1. The molecule has 1 nitrogen and oxygen atoms in total. The second-order valence-electron chi connectivity index (χ2n) is 2.55. The third-order valence-corrected chi connectivity index (χ3v) is 1.53. The van der Waals surface area contributed by atoms with Gasteiger partial charge >= 0.3 is 0 Å². The Morgan fingerprint density at radius 2 is 1.62 bits per heavy atom. The molecule has 1 atom stereocenters. The Morgan fingerprint density at radius 3 is 2.00 bits per heavy atom. The molecule has 2 N–H and O–H groups in total. The van der Waals surface area contributed by atoms with Crippen molar-refractivity contribution in [3.05, 3.63) is 35.1 Å². The molecule has 74 valence electrons. The first-order valence-electron chi connectivity index (χ1n) is 3.43. The molecular weight excluding hydrogens is 203 g/mol. The summed E-state index contributed by atoms with van der Waals surface area (Å²) < 4.78 is 38.1. The van der Waals surface area contributed by atoms with Crippen molar-refractivity contribution >= 4 is 12.4 Å². The van der Waals surface area contributed by atoms with Crippen LogP contribution in [0.2, 0.25) is 0 Å². The highest BCUT2D eigenvalue weighted by Gasteiger charge is 2.16. The molecule has 0 heterocycles. The van der Waals surface area contributed by atoms with Crippen molar-refractivity contribution in [3.63, 3.8) is 0 Å². The molecule has 0 radical (unpaired) electrons. The Hall–Kier alpha value is -0.740. The first-order chi connectivity index (χ1) is 5.54. The Morgan fingerprint density at radius 1 is 1.15 bits per heavy atom. The summed E-state index contributed by atoms with van der Waals surface area (Å²) in [5.74, 6) is -3.10. The van der Waals surface area contributed by atoms with Crippen LogP contribution in [0.1, 0.15) is 18.5 Å². The zero-order valence-electron chi connectivity index (χ0n) is 6.85. The molecule has 0 aliphatic carbocycles. The van der Waals surface area contributed by atoms with Gasteiger partial charge in [0, 0.05) is 11.6 Å². The molecule has 13 heavy (non-hydrogen) atoms. The highest BCUT2D eigenvalue weighted by Crippen LogP contribution is 2.20. The third-order valence-electron chi connectivity index (χ3n) is 1.53. The fraction of sp³-hybridized carbons (Fsp3) is 0.250. The lowest BCUT2D eigenvalue weighted by Gasteiger charge is -2.08. The van der Waals surface area contributed by atoms with Crippen LogP contribution >= 0.6 is 12.4 Å². The van der Waals surface area contributed by atoms with Gasteiger partial charge in [-0.15, -0.1) is 12.4 Å². The van der Waals surface area contributed by atoms with Crippen molar-refractivity contribution in [3.8, 4) is 0 Å². The Kier molecular flexibility index (Phi) is 4.23. The van der Waals surface area contributed by atoms with E-state index in [0.717, 1.165) is 12.1 Å². The smallest absolute Gasteiger partial charge is 0.166 e. The summed E-state index contributed by atoms with van der Waals surface area (Å²) in [6, 6.07) is 0.744. The molecule has 0 spiro atoms. The SMILES string of the molecule is CC(N)c1c(F)ccc(F)c1F.Cl. The van der Waals surface area contributed by atoms with E-state index in [0.29, 0.717) is 0 Å². The molecule has 0 amide bonds. The lowest BCUT2D eigenvalue weighted by atomic mass is 10.1. The minimum absolute atomic E-state index is 0. The van der Waals surface area contributed by atoms with E-state index in [9.17, 15) is 13.2 Å². The van der Waals surface area contributed by atoms with Crippen LogP contribution in [0.4, 0.5) is 13.2 Å². The number of hydrogen-bond acceptors (Lipinski definition) is 1. The van der Waals surface area contributed by atoms with Gasteiger partial charge in [-0.1, -0.05) is 0 Å². The summed E-state index contributed by atoms with van der Waals surface area (Å²) in [5.41, 5.74) is 4.83. The van der Waals surface area contributed by atoms with Gasteiger partial charge < -0.3 is 5.73 Å². The van der Waals surface area contributed by atoms with Gasteiger partial charge in [-0.3, -0.25) is 0 Å². The second kappa shape index (κ2) is 4.48. The number of hydrogen-bond donors (Lipinski definition) is 1. The maximum absolute atomic E-state index is 12.8. The van der Waals surface area contributed by atoms with Crippen molar-refractivity contribution in [2.24, 2.45) is 5.73 Å². The summed E-state index contributed by atoms with van der Waals surface area (Å²) >= 11 is 0. The largest absolute Gasteiger partial charge is 0.324 e. The number of rotatable bonds is 1. The number of benzene rings is 1. The third kappa shape index (κ3) is 2.35. The molecule has 0 aliphatic rings. The van der Waals surface area contributed by atoms with Crippen molar-refractivity contribution < 1.29 is 13.2 Å². The van der Waals surface area contributed by atoms with E-state index in [4.69, 9.17) is 5.73 Å². The normalized spacial score (nSPS) is 12.1. The van der Waals surface area contributed by atoms with Gasteiger partial charge in [0.1, 0.15) is 5.82 Å². The molecule has 1 unspecified atom stereocenters. The van der Waals surface area contributed by atoms with Crippen molar-refractivity contribution in [2.45, 2.75) is 13.0 Å².